The summed E-state index contributed by atoms with van der Waals surface area (Å²) in [5, 5.41) is 3.32. The SMILES string of the molecule is CN(Cc1cc2c(cc1OC(F)F)OCO2)C(=O)C1CC12CCNCC2. The number of rotatable bonds is 5. The zero-order chi connectivity index (χ0) is 18.3. The molecule has 1 N–H and O–H groups in total. The Labute approximate surface area is 150 Å². The van der Waals surface area contributed by atoms with Crippen molar-refractivity contribution < 1.29 is 27.8 Å². The Balaban J connectivity index is 1.48. The fraction of sp³-hybridized carbons (Fsp3) is 0.611. The number of piperidine rings is 1. The van der Waals surface area contributed by atoms with Crippen LogP contribution < -0.4 is 19.5 Å². The zero-order valence-corrected chi connectivity index (χ0v) is 14.6. The predicted octanol–water partition coefficient (Wildman–Crippen LogP) is 2.36. The molecule has 1 amide bonds. The molecular formula is C18H22F2N2O4. The van der Waals surface area contributed by atoms with Gasteiger partial charge in [-0.25, -0.2) is 0 Å². The molecule has 1 unspecified atom stereocenters. The molecule has 6 nitrogen and oxygen atoms in total. The summed E-state index contributed by atoms with van der Waals surface area (Å²) in [5.41, 5.74) is 0.610. The Bertz CT molecular complexity index is 707. The number of carbonyl (C=O) groups is 1. The van der Waals surface area contributed by atoms with Gasteiger partial charge < -0.3 is 24.4 Å². The number of nitrogens with one attached hydrogen (secondary N) is 1. The van der Waals surface area contributed by atoms with Crippen molar-refractivity contribution in [1.29, 1.82) is 0 Å². The molecule has 1 aromatic rings. The second-order valence-corrected chi connectivity index (χ2v) is 7.26. The minimum Gasteiger partial charge on any atom is -0.454 e. The molecule has 2 fully saturated rings. The smallest absolute Gasteiger partial charge is 0.387 e. The van der Waals surface area contributed by atoms with Crippen molar-refractivity contribution in [2.24, 2.45) is 11.3 Å². The maximum absolute atomic E-state index is 12.8. The van der Waals surface area contributed by atoms with Gasteiger partial charge in [0.2, 0.25) is 12.7 Å². The van der Waals surface area contributed by atoms with E-state index < -0.39 is 6.61 Å². The highest BCUT2D eigenvalue weighted by molar-refractivity contribution is 5.82. The Kier molecular flexibility index (Phi) is 4.38. The Hall–Kier alpha value is -2.09. The third-order valence-electron chi connectivity index (χ3n) is 5.64. The van der Waals surface area contributed by atoms with Crippen LogP contribution in [0.4, 0.5) is 8.78 Å². The molecule has 0 aromatic heterocycles. The number of halogens is 2. The first-order valence-corrected chi connectivity index (χ1v) is 8.81. The van der Waals surface area contributed by atoms with E-state index in [-0.39, 0.29) is 36.3 Å². The van der Waals surface area contributed by atoms with E-state index in [9.17, 15) is 13.6 Å². The van der Waals surface area contributed by atoms with Gasteiger partial charge in [0.25, 0.3) is 0 Å². The Morgan fingerprint density at radius 2 is 2.04 bits per heavy atom. The Morgan fingerprint density at radius 3 is 2.73 bits per heavy atom. The Morgan fingerprint density at radius 1 is 1.35 bits per heavy atom. The first kappa shape index (κ1) is 17.3. The van der Waals surface area contributed by atoms with E-state index in [0.29, 0.717) is 17.1 Å². The van der Waals surface area contributed by atoms with Crippen molar-refractivity contribution in [3.8, 4) is 17.2 Å². The van der Waals surface area contributed by atoms with Crippen LogP contribution in [0.2, 0.25) is 0 Å². The van der Waals surface area contributed by atoms with Crippen LogP contribution in [0.15, 0.2) is 12.1 Å². The molecule has 1 saturated carbocycles. The molecule has 4 rings (SSSR count). The summed E-state index contributed by atoms with van der Waals surface area (Å²) in [4.78, 5) is 14.4. The molecule has 2 heterocycles. The topological polar surface area (TPSA) is 60.0 Å². The minimum atomic E-state index is -2.95. The third-order valence-corrected chi connectivity index (χ3v) is 5.64. The predicted molar refractivity (Wildman–Crippen MR) is 88.3 cm³/mol. The van der Waals surface area contributed by atoms with E-state index in [1.54, 1.807) is 18.0 Å². The lowest BCUT2D eigenvalue weighted by Crippen LogP contribution is -2.34. The summed E-state index contributed by atoms with van der Waals surface area (Å²) in [6, 6.07) is 3.00. The molecule has 3 aliphatic rings. The van der Waals surface area contributed by atoms with E-state index in [4.69, 9.17) is 9.47 Å². The molecule has 1 aromatic carbocycles. The minimum absolute atomic E-state index is 0.0104. The summed E-state index contributed by atoms with van der Waals surface area (Å²) in [6.07, 6.45) is 2.95. The lowest BCUT2D eigenvalue weighted by atomic mass is 9.91. The molecule has 1 atom stereocenters. The largest absolute Gasteiger partial charge is 0.454 e. The lowest BCUT2D eigenvalue weighted by molar-refractivity contribution is -0.132. The highest BCUT2D eigenvalue weighted by Gasteiger charge is 2.58. The lowest BCUT2D eigenvalue weighted by Gasteiger charge is -2.25. The number of benzene rings is 1. The van der Waals surface area contributed by atoms with Gasteiger partial charge >= 0.3 is 6.61 Å². The number of hydrogen-bond donors (Lipinski definition) is 1. The number of fused-ring (bicyclic) bond motifs is 1. The second kappa shape index (κ2) is 6.57. The number of hydrogen-bond acceptors (Lipinski definition) is 5. The van der Waals surface area contributed by atoms with Crippen LogP contribution in [0.3, 0.4) is 0 Å². The molecule has 26 heavy (non-hydrogen) atoms. The maximum Gasteiger partial charge on any atom is 0.387 e. The van der Waals surface area contributed by atoms with Crippen LogP contribution in [0.5, 0.6) is 17.2 Å². The number of amides is 1. The van der Waals surface area contributed by atoms with Gasteiger partial charge in [0.1, 0.15) is 5.75 Å². The van der Waals surface area contributed by atoms with E-state index in [0.717, 1.165) is 32.4 Å². The third kappa shape index (κ3) is 3.18. The van der Waals surface area contributed by atoms with Crippen molar-refractivity contribution in [3.05, 3.63) is 17.7 Å². The summed E-state index contributed by atoms with van der Waals surface area (Å²) in [5.74, 6) is 0.949. The summed E-state index contributed by atoms with van der Waals surface area (Å²) < 4.78 is 40.6. The number of alkyl halides is 2. The molecule has 0 radical (unpaired) electrons. The molecular weight excluding hydrogens is 346 g/mol. The van der Waals surface area contributed by atoms with Gasteiger partial charge in [-0.3, -0.25) is 4.79 Å². The number of ether oxygens (including phenoxy) is 3. The number of carbonyl (C=O) groups excluding carboxylic acids is 1. The zero-order valence-electron chi connectivity index (χ0n) is 14.6. The fourth-order valence-corrected chi connectivity index (χ4v) is 4.07. The summed E-state index contributed by atoms with van der Waals surface area (Å²) >= 11 is 0. The van der Waals surface area contributed by atoms with Crippen molar-refractivity contribution in [2.45, 2.75) is 32.4 Å². The summed E-state index contributed by atoms with van der Waals surface area (Å²) in [7, 11) is 1.70. The van der Waals surface area contributed by atoms with Gasteiger partial charge in [-0.2, -0.15) is 8.78 Å². The van der Waals surface area contributed by atoms with E-state index in [1.807, 2.05) is 0 Å². The second-order valence-electron chi connectivity index (χ2n) is 7.26. The molecule has 2 aliphatic heterocycles. The van der Waals surface area contributed by atoms with Crippen LogP contribution >= 0.6 is 0 Å². The van der Waals surface area contributed by atoms with E-state index >= 15 is 0 Å². The van der Waals surface area contributed by atoms with Crippen molar-refractivity contribution in [2.75, 3.05) is 26.9 Å². The highest BCUT2D eigenvalue weighted by Crippen LogP contribution is 2.59. The van der Waals surface area contributed by atoms with Crippen molar-refractivity contribution in [1.82, 2.24) is 10.2 Å². The molecule has 8 heteroatoms. The normalized spacial score (nSPS) is 22.5. The van der Waals surface area contributed by atoms with E-state index in [1.165, 1.54) is 6.07 Å². The van der Waals surface area contributed by atoms with Crippen molar-refractivity contribution in [3.63, 3.8) is 0 Å². The van der Waals surface area contributed by atoms with Crippen LogP contribution in [0.25, 0.3) is 0 Å². The van der Waals surface area contributed by atoms with Crippen molar-refractivity contribution >= 4 is 5.91 Å². The quantitative estimate of drug-likeness (QED) is 0.865. The average Bonchev–Trinajstić information content (AvgIpc) is 3.09. The van der Waals surface area contributed by atoms with E-state index in [2.05, 4.69) is 10.1 Å². The maximum atomic E-state index is 12.8. The number of nitrogens with zero attached hydrogens (tertiary/aromatic N) is 1. The van der Waals surface area contributed by atoms with Gasteiger partial charge in [0.15, 0.2) is 11.5 Å². The standard InChI is InChI=1S/C18H22F2N2O4/c1-22(16(23)12-8-18(12)2-4-21-5-3-18)9-11-6-14-15(25-10-24-14)7-13(11)26-17(19)20/h6-7,12,17,21H,2-5,8-10H2,1H3. The van der Waals surface area contributed by atoms with Gasteiger partial charge in [-0.1, -0.05) is 0 Å². The van der Waals surface area contributed by atoms with Crippen LogP contribution in [0.1, 0.15) is 24.8 Å². The van der Waals surface area contributed by atoms with Gasteiger partial charge in [-0.05, 0) is 43.8 Å². The monoisotopic (exact) mass is 368 g/mol. The first-order valence-electron chi connectivity index (χ1n) is 8.81. The van der Waals surface area contributed by atoms with Gasteiger partial charge in [0.05, 0.1) is 0 Å². The van der Waals surface area contributed by atoms with Gasteiger partial charge in [-0.15, -0.1) is 0 Å². The highest BCUT2D eigenvalue weighted by atomic mass is 19.3. The molecule has 1 spiro atoms. The first-order chi connectivity index (χ1) is 12.5. The molecule has 142 valence electrons. The van der Waals surface area contributed by atoms with Gasteiger partial charge in [0, 0.05) is 31.1 Å². The molecule has 1 aliphatic carbocycles. The molecule has 1 saturated heterocycles. The fourth-order valence-electron chi connectivity index (χ4n) is 4.07. The average molecular weight is 368 g/mol. The van der Waals surface area contributed by atoms with Crippen LogP contribution in [0, 0.1) is 11.3 Å². The summed E-state index contributed by atoms with van der Waals surface area (Å²) in [6.45, 7) is -0.830. The molecule has 0 bridgehead atoms. The van der Waals surface area contributed by atoms with Crippen LogP contribution in [-0.4, -0.2) is 44.3 Å². The van der Waals surface area contributed by atoms with Crippen LogP contribution in [-0.2, 0) is 11.3 Å².